The maximum absolute atomic E-state index is 12.1. The molecule has 0 spiro atoms. The largest absolute Gasteiger partial charge is 0.379 e. The van der Waals surface area contributed by atoms with Crippen molar-refractivity contribution in [1.82, 2.24) is 25.3 Å². The molecule has 0 aliphatic carbocycles. The fourth-order valence-corrected chi connectivity index (χ4v) is 2.42. The number of carbonyl (C=O) groups is 1. The van der Waals surface area contributed by atoms with Gasteiger partial charge in [-0.1, -0.05) is 6.07 Å². The number of hydrogen-bond donors (Lipinski definition) is 1. The van der Waals surface area contributed by atoms with E-state index >= 15 is 0 Å². The molecule has 0 aromatic carbocycles. The Bertz CT molecular complexity index is 605. The molecule has 2 aromatic heterocycles. The predicted octanol–water partition coefficient (Wildman–Crippen LogP) is 0.164. The maximum Gasteiger partial charge on any atom is 0.243 e. The molecule has 8 heteroatoms. The second kappa shape index (κ2) is 7.80. The third-order valence-electron chi connectivity index (χ3n) is 3.57. The van der Waals surface area contributed by atoms with E-state index in [0.29, 0.717) is 26.2 Å². The molecule has 1 amide bonds. The van der Waals surface area contributed by atoms with E-state index in [2.05, 4.69) is 20.5 Å². The van der Waals surface area contributed by atoms with Gasteiger partial charge in [0.15, 0.2) is 0 Å². The lowest BCUT2D eigenvalue weighted by atomic mass is 10.1. The summed E-state index contributed by atoms with van der Waals surface area (Å²) in [4.78, 5) is 17.6. The number of pyridine rings is 1. The fraction of sp³-hybridized carbons (Fsp3) is 0.467. The molecule has 23 heavy (non-hydrogen) atoms. The molecule has 122 valence electrons. The molecule has 1 N–H and O–H groups in total. The van der Waals surface area contributed by atoms with E-state index in [-0.39, 0.29) is 24.6 Å². The van der Waals surface area contributed by atoms with Crippen LogP contribution < -0.4 is 5.32 Å². The van der Waals surface area contributed by atoms with Crippen LogP contribution in [-0.4, -0.2) is 51.2 Å². The van der Waals surface area contributed by atoms with Crippen LogP contribution in [0.2, 0.25) is 0 Å². The van der Waals surface area contributed by atoms with Gasteiger partial charge in [-0.2, -0.15) is 15.0 Å². The minimum absolute atomic E-state index is 0.0875. The Morgan fingerprint density at radius 1 is 1.35 bits per heavy atom. The van der Waals surface area contributed by atoms with E-state index in [4.69, 9.17) is 9.47 Å². The van der Waals surface area contributed by atoms with Crippen LogP contribution in [0.4, 0.5) is 0 Å². The molecule has 8 nitrogen and oxygen atoms in total. The third kappa shape index (κ3) is 4.57. The van der Waals surface area contributed by atoms with Gasteiger partial charge in [0.1, 0.15) is 12.6 Å². The van der Waals surface area contributed by atoms with Crippen molar-refractivity contribution in [3.05, 3.63) is 42.5 Å². The molecule has 1 aliphatic rings. The molecule has 1 fully saturated rings. The minimum Gasteiger partial charge on any atom is -0.379 e. The molecule has 2 aromatic rings. The number of amides is 1. The predicted molar refractivity (Wildman–Crippen MR) is 80.2 cm³/mol. The summed E-state index contributed by atoms with van der Waals surface area (Å²) in [5.74, 6) is -0.139. The Morgan fingerprint density at radius 2 is 2.22 bits per heavy atom. The molecule has 0 bridgehead atoms. The standard InChI is InChI=1S/C15H19N5O3/c21-15(9-20-17-6-7-18-20)19-13-4-8-22-11-14(13)23-10-12-3-1-2-5-16-12/h1-3,5-7,13-14H,4,8-11H2,(H,19,21)/t13-,14-/m1/s1. The maximum atomic E-state index is 12.1. The van der Waals surface area contributed by atoms with E-state index in [1.165, 1.54) is 4.80 Å². The van der Waals surface area contributed by atoms with Gasteiger partial charge < -0.3 is 14.8 Å². The van der Waals surface area contributed by atoms with Crippen molar-refractivity contribution in [2.45, 2.75) is 31.7 Å². The Hall–Kier alpha value is -2.32. The van der Waals surface area contributed by atoms with E-state index in [1.54, 1.807) is 18.6 Å². The average molecular weight is 317 g/mol. The highest BCUT2D eigenvalue weighted by Crippen LogP contribution is 2.13. The second-order valence-corrected chi connectivity index (χ2v) is 5.27. The van der Waals surface area contributed by atoms with Gasteiger partial charge in [0, 0.05) is 12.8 Å². The van der Waals surface area contributed by atoms with Crippen molar-refractivity contribution in [2.75, 3.05) is 13.2 Å². The molecule has 1 saturated heterocycles. The van der Waals surface area contributed by atoms with Gasteiger partial charge in [-0.25, -0.2) is 0 Å². The van der Waals surface area contributed by atoms with Crippen molar-refractivity contribution < 1.29 is 14.3 Å². The lowest BCUT2D eigenvalue weighted by Crippen LogP contribution is -2.50. The van der Waals surface area contributed by atoms with Gasteiger partial charge in [-0.3, -0.25) is 9.78 Å². The van der Waals surface area contributed by atoms with Crippen LogP contribution in [0.3, 0.4) is 0 Å². The molecule has 0 unspecified atom stereocenters. The van der Waals surface area contributed by atoms with Crippen molar-refractivity contribution >= 4 is 5.91 Å². The van der Waals surface area contributed by atoms with Crippen LogP contribution in [-0.2, 0) is 27.4 Å². The Kier molecular flexibility index (Phi) is 5.28. The van der Waals surface area contributed by atoms with Gasteiger partial charge in [0.2, 0.25) is 5.91 Å². The number of aromatic nitrogens is 4. The highest BCUT2D eigenvalue weighted by Gasteiger charge is 2.28. The summed E-state index contributed by atoms with van der Waals surface area (Å²) in [6, 6.07) is 5.59. The van der Waals surface area contributed by atoms with Crippen LogP contribution >= 0.6 is 0 Å². The molecular formula is C15H19N5O3. The summed E-state index contributed by atoms with van der Waals surface area (Å²) in [6.07, 6.45) is 5.33. The molecular weight excluding hydrogens is 298 g/mol. The zero-order valence-corrected chi connectivity index (χ0v) is 12.7. The quantitative estimate of drug-likeness (QED) is 0.816. The van der Waals surface area contributed by atoms with E-state index in [1.807, 2.05) is 18.2 Å². The summed E-state index contributed by atoms with van der Waals surface area (Å²) in [7, 11) is 0. The number of nitrogens with one attached hydrogen (secondary N) is 1. The first-order chi connectivity index (χ1) is 11.3. The smallest absolute Gasteiger partial charge is 0.243 e. The van der Waals surface area contributed by atoms with Gasteiger partial charge >= 0.3 is 0 Å². The van der Waals surface area contributed by atoms with Crippen molar-refractivity contribution in [3.63, 3.8) is 0 Å². The van der Waals surface area contributed by atoms with E-state index in [0.717, 1.165) is 5.69 Å². The SMILES string of the molecule is O=C(Cn1nccn1)N[C@@H]1CCOC[C@H]1OCc1ccccn1. The van der Waals surface area contributed by atoms with Gasteiger partial charge in [-0.15, -0.1) is 0 Å². The van der Waals surface area contributed by atoms with Crippen molar-refractivity contribution in [1.29, 1.82) is 0 Å². The zero-order chi connectivity index (χ0) is 15.9. The average Bonchev–Trinajstić information content (AvgIpc) is 3.08. The summed E-state index contributed by atoms with van der Waals surface area (Å²) in [5.41, 5.74) is 0.851. The van der Waals surface area contributed by atoms with Crippen LogP contribution in [0.25, 0.3) is 0 Å². The summed E-state index contributed by atoms with van der Waals surface area (Å²) >= 11 is 0. The molecule has 3 heterocycles. The Balaban J connectivity index is 1.52. The Morgan fingerprint density at radius 3 is 3.00 bits per heavy atom. The van der Waals surface area contributed by atoms with Gasteiger partial charge in [-0.05, 0) is 18.6 Å². The lowest BCUT2D eigenvalue weighted by Gasteiger charge is -2.32. The number of rotatable bonds is 6. The zero-order valence-electron chi connectivity index (χ0n) is 12.7. The molecule has 0 saturated carbocycles. The molecule has 2 atom stereocenters. The van der Waals surface area contributed by atoms with Crippen molar-refractivity contribution in [2.24, 2.45) is 0 Å². The van der Waals surface area contributed by atoms with Gasteiger partial charge in [0.25, 0.3) is 0 Å². The van der Waals surface area contributed by atoms with Crippen LogP contribution in [0.5, 0.6) is 0 Å². The number of hydrogen-bond acceptors (Lipinski definition) is 6. The summed E-state index contributed by atoms with van der Waals surface area (Å²) in [5, 5.41) is 10.8. The van der Waals surface area contributed by atoms with Gasteiger partial charge in [0.05, 0.1) is 37.3 Å². The Labute approximate surface area is 133 Å². The topological polar surface area (TPSA) is 91.2 Å². The second-order valence-electron chi connectivity index (χ2n) is 5.27. The monoisotopic (exact) mass is 317 g/mol. The first-order valence-electron chi connectivity index (χ1n) is 7.54. The molecule has 0 radical (unpaired) electrons. The molecule has 3 rings (SSSR count). The van der Waals surface area contributed by atoms with Crippen LogP contribution in [0.1, 0.15) is 12.1 Å². The number of nitrogens with zero attached hydrogens (tertiary/aromatic N) is 4. The van der Waals surface area contributed by atoms with Crippen LogP contribution in [0, 0.1) is 0 Å². The number of ether oxygens (including phenoxy) is 2. The third-order valence-corrected chi connectivity index (χ3v) is 3.57. The highest BCUT2D eigenvalue weighted by atomic mass is 16.5. The number of carbonyl (C=O) groups excluding carboxylic acids is 1. The van der Waals surface area contributed by atoms with Crippen molar-refractivity contribution in [3.8, 4) is 0 Å². The normalized spacial score (nSPS) is 21.0. The highest BCUT2D eigenvalue weighted by molar-refractivity contribution is 5.75. The summed E-state index contributed by atoms with van der Waals surface area (Å²) < 4.78 is 11.3. The minimum atomic E-state index is -0.194. The first-order valence-corrected chi connectivity index (χ1v) is 7.54. The van der Waals surface area contributed by atoms with E-state index in [9.17, 15) is 4.79 Å². The first kappa shape index (κ1) is 15.6. The molecule has 1 aliphatic heterocycles. The van der Waals surface area contributed by atoms with E-state index < -0.39 is 0 Å². The fourth-order valence-electron chi connectivity index (χ4n) is 2.42. The lowest BCUT2D eigenvalue weighted by molar-refractivity contribution is -0.127. The summed E-state index contributed by atoms with van der Waals surface area (Å²) in [6.45, 7) is 1.55. The van der Waals surface area contributed by atoms with Crippen LogP contribution in [0.15, 0.2) is 36.8 Å².